The van der Waals surface area contributed by atoms with Crippen molar-refractivity contribution in [2.24, 2.45) is 0 Å². The Labute approximate surface area is 76.3 Å². The monoisotopic (exact) mass is 214 g/mol. The zero-order chi connectivity index (χ0) is 10.4. The number of rotatable bonds is 0. The minimum Gasteiger partial charge on any atom is -0.356 e. The summed E-state index contributed by atoms with van der Waals surface area (Å²) in [7, 11) is 1.04. The molecule has 1 atom stereocenters. The van der Waals surface area contributed by atoms with Crippen LogP contribution < -0.4 is 5.32 Å². The molecule has 0 spiro atoms. The molecule has 0 aromatic rings. The Balaban J connectivity index is 3.09. The number of likely N-dealkylation sites (N-methyl/N-ethyl adjacent to an activating group) is 1. The van der Waals surface area contributed by atoms with E-state index < -0.39 is 22.9 Å². The van der Waals surface area contributed by atoms with E-state index in [2.05, 4.69) is 12.2 Å². The molecule has 0 aromatic carbocycles. The minimum atomic E-state index is -5.08. The van der Waals surface area contributed by atoms with E-state index >= 15 is 0 Å². The highest BCUT2D eigenvalue weighted by Gasteiger charge is 2.65. The Morgan fingerprint density at radius 2 is 2.08 bits per heavy atom. The average Bonchev–Trinajstić information content (AvgIpc) is 2.15. The standard InChI is InChI=1S/C5H5F3N2O2S/c1-10-2(11)4(12,5(6,7)8)9-3(10)13/h12H,1H3,(H,9,13). The van der Waals surface area contributed by atoms with E-state index in [1.54, 1.807) is 0 Å². The molecular formula is C5H5F3N2O2S. The zero-order valence-electron chi connectivity index (χ0n) is 6.34. The quantitative estimate of drug-likeness (QED) is 0.538. The van der Waals surface area contributed by atoms with Gasteiger partial charge in [-0.05, 0) is 12.2 Å². The Hall–Kier alpha value is -0.890. The van der Waals surface area contributed by atoms with Gasteiger partial charge in [0.15, 0.2) is 5.11 Å². The topological polar surface area (TPSA) is 52.6 Å². The fraction of sp³-hybridized carbons (Fsp3) is 0.600. The molecule has 1 saturated heterocycles. The first kappa shape index (κ1) is 10.2. The number of carbonyl (C=O) groups is 1. The van der Waals surface area contributed by atoms with Crippen LogP contribution in [0.15, 0.2) is 0 Å². The van der Waals surface area contributed by atoms with Gasteiger partial charge in [0, 0.05) is 7.05 Å². The van der Waals surface area contributed by atoms with Crippen LogP contribution in [-0.2, 0) is 4.79 Å². The Kier molecular flexibility index (Phi) is 2.00. The van der Waals surface area contributed by atoms with Gasteiger partial charge in [0.05, 0.1) is 0 Å². The predicted octanol–water partition coefficient (Wildman–Crippen LogP) is -0.416. The highest BCUT2D eigenvalue weighted by Crippen LogP contribution is 2.32. The average molecular weight is 214 g/mol. The summed E-state index contributed by atoms with van der Waals surface area (Å²) in [6.07, 6.45) is -5.08. The van der Waals surface area contributed by atoms with E-state index in [1.165, 1.54) is 5.32 Å². The van der Waals surface area contributed by atoms with Gasteiger partial charge in [0.2, 0.25) is 0 Å². The maximum atomic E-state index is 12.1. The molecule has 1 amide bonds. The lowest BCUT2D eigenvalue weighted by Crippen LogP contribution is -2.58. The zero-order valence-corrected chi connectivity index (χ0v) is 7.16. The van der Waals surface area contributed by atoms with Gasteiger partial charge in [-0.25, -0.2) is 0 Å². The molecule has 2 N–H and O–H groups in total. The SMILES string of the molecule is CN1C(=O)C(O)(C(F)(F)F)NC1=S. The summed E-state index contributed by atoms with van der Waals surface area (Å²) in [4.78, 5) is 11.4. The summed E-state index contributed by atoms with van der Waals surface area (Å²) in [5, 5.41) is 9.98. The molecule has 13 heavy (non-hydrogen) atoms. The van der Waals surface area contributed by atoms with E-state index in [1.807, 2.05) is 0 Å². The maximum Gasteiger partial charge on any atom is 0.446 e. The summed E-state index contributed by atoms with van der Waals surface area (Å²) in [6, 6.07) is 0. The molecule has 4 nitrogen and oxygen atoms in total. The molecule has 0 radical (unpaired) electrons. The molecule has 0 aliphatic carbocycles. The van der Waals surface area contributed by atoms with Crippen molar-refractivity contribution >= 4 is 23.2 Å². The minimum absolute atomic E-state index is 0.454. The highest BCUT2D eigenvalue weighted by molar-refractivity contribution is 7.80. The molecule has 1 aliphatic heterocycles. The van der Waals surface area contributed by atoms with Crippen LogP contribution in [0, 0.1) is 0 Å². The second-order valence-corrected chi connectivity index (χ2v) is 2.89. The molecule has 1 heterocycles. The third-order valence-electron chi connectivity index (χ3n) is 1.62. The number of aliphatic hydroxyl groups is 1. The van der Waals surface area contributed by atoms with Crippen LogP contribution in [0.25, 0.3) is 0 Å². The van der Waals surface area contributed by atoms with Crippen molar-refractivity contribution in [3.63, 3.8) is 0 Å². The van der Waals surface area contributed by atoms with Crippen LogP contribution in [-0.4, -0.2) is 40.0 Å². The number of carbonyl (C=O) groups excluding carboxylic acids is 1. The third kappa shape index (κ3) is 1.25. The van der Waals surface area contributed by atoms with Gasteiger partial charge in [-0.1, -0.05) is 0 Å². The molecule has 0 saturated carbocycles. The van der Waals surface area contributed by atoms with Gasteiger partial charge in [-0.3, -0.25) is 9.69 Å². The summed E-state index contributed by atoms with van der Waals surface area (Å²) < 4.78 is 36.4. The summed E-state index contributed by atoms with van der Waals surface area (Å²) in [5.74, 6) is -1.52. The fourth-order valence-electron chi connectivity index (χ4n) is 0.819. The highest BCUT2D eigenvalue weighted by atomic mass is 32.1. The van der Waals surface area contributed by atoms with Crippen LogP contribution in [0.5, 0.6) is 0 Å². The first-order valence-electron chi connectivity index (χ1n) is 3.09. The summed E-state index contributed by atoms with van der Waals surface area (Å²) in [5.41, 5.74) is -3.57. The van der Waals surface area contributed by atoms with Gasteiger partial charge in [0.1, 0.15) is 0 Å². The Morgan fingerprint density at radius 1 is 1.62 bits per heavy atom. The Bertz CT molecular complexity index is 279. The van der Waals surface area contributed by atoms with Crippen molar-refractivity contribution in [1.29, 1.82) is 0 Å². The molecule has 1 unspecified atom stereocenters. The number of hydrogen-bond donors (Lipinski definition) is 2. The van der Waals surface area contributed by atoms with Crippen LogP contribution in [0.4, 0.5) is 13.2 Å². The maximum absolute atomic E-state index is 12.1. The summed E-state index contributed by atoms with van der Waals surface area (Å²) in [6.45, 7) is 0. The van der Waals surface area contributed by atoms with Crippen LogP contribution in [0.1, 0.15) is 0 Å². The van der Waals surface area contributed by atoms with E-state index in [0.717, 1.165) is 7.05 Å². The second kappa shape index (κ2) is 2.55. The third-order valence-corrected chi connectivity index (χ3v) is 1.99. The lowest BCUT2D eigenvalue weighted by atomic mass is 10.2. The van der Waals surface area contributed by atoms with E-state index in [-0.39, 0.29) is 0 Å². The molecule has 1 aliphatic rings. The van der Waals surface area contributed by atoms with Crippen molar-refractivity contribution in [2.45, 2.75) is 11.9 Å². The molecular weight excluding hydrogens is 209 g/mol. The van der Waals surface area contributed by atoms with Crippen LogP contribution in [0.2, 0.25) is 0 Å². The molecule has 1 fully saturated rings. The van der Waals surface area contributed by atoms with E-state index in [0.29, 0.717) is 4.90 Å². The molecule has 8 heteroatoms. The van der Waals surface area contributed by atoms with Gasteiger partial charge in [0.25, 0.3) is 5.91 Å². The van der Waals surface area contributed by atoms with Gasteiger partial charge in [-0.2, -0.15) is 13.2 Å². The lowest BCUT2D eigenvalue weighted by molar-refractivity contribution is -0.254. The number of nitrogens with zero attached hydrogens (tertiary/aromatic N) is 1. The van der Waals surface area contributed by atoms with Gasteiger partial charge >= 0.3 is 11.9 Å². The van der Waals surface area contributed by atoms with Crippen molar-refractivity contribution in [3.8, 4) is 0 Å². The Morgan fingerprint density at radius 3 is 2.23 bits per heavy atom. The van der Waals surface area contributed by atoms with Crippen molar-refractivity contribution in [2.75, 3.05) is 7.05 Å². The van der Waals surface area contributed by atoms with Crippen molar-refractivity contribution in [1.82, 2.24) is 10.2 Å². The second-order valence-electron chi connectivity index (χ2n) is 2.50. The number of alkyl halides is 3. The smallest absolute Gasteiger partial charge is 0.356 e. The normalized spacial score (nSPS) is 29.5. The first-order chi connectivity index (χ1) is 5.70. The lowest BCUT2D eigenvalue weighted by Gasteiger charge is -2.22. The molecule has 0 aromatic heterocycles. The summed E-state index contributed by atoms with van der Waals surface area (Å²) >= 11 is 4.37. The van der Waals surface area contributed by atoms with Crippen LogP contribution in [0.3, 0.4) is 0 Å². The van der Waals surface area contributed by atoms with E-state index in [9.17, 15) is 18.0 Å². The van der Waals surface area contributed by atoms with Crippen LogP contribution >= 0.6 is 12.2 Å². The molecule has 0 bridgehead atoms. The van der Waals surface area contributed by atoms with Crippen molar-refractivity contribution in [3.05, 3.63) is 0 Å². The van der Waals surface area contributed by atoms with Gasteiger partial charge < -0.3 is 10.4 Å². The number of nitrogens with one attached hydrogen (secondary N) is 1. The number of amides is 1. The number of hydrogen-bond acceptors (Lipinski definition) is 3. The van der Waals surface area contributed by atoms with E-state index in [4.69, 9.17) is 5.11 Å². The number of thiocarbonyl (C=S) groups is 1. The largest absolute Gasteiger partial charge is 0.446 e. The van der Waals surface area contributed by atoms with Gasteiger partial charge in [-0.15, -0.1) is 0 Å². The molecule has 1 rings (SSSR count). The predicted molar refractivity (Wildman–Crippen MR) is 39.5 cm³/mol. The van der Waals surface area contributed by atoms with Crippen molar-refractivity contribution < 1.29 is 23.1 Å². The number of halogens is 3. The first-order valence-corrected chi connectivity index (χ1v) is 3.50. The fourth-order valence-corrected chi connectivity index (χ4v) is 1.05. The molecule has 74 valence electrons.